The van der Waals surface area contributed by atoms with Crippen molar-refractivity contribution >= 4 is 0 Å². The highest BCUT2D eigenvalue weighted by atomic mass is 16.9. The molecule has 0 aromatic carbocycles. The van der Waals surface area contributed by atoms with Gasteiger partial charge in [0, 0.05) is 14.2 Å². The van der Waals surface area contributed by atoms with E-state index >= 15 is 0 Å². The maximum atomic E-state index is 5.19. The van der Waals surface area contributed by atoms with Gasteiger partial charge in [-0.3, -0.25) is 0 Å². The number of methoxy groups -OCH3 is 2. The lowest BCUT2D eigenvalue weighted by molar-refractivity contribution is -0.398. The summed E-state index contributed by atoms with van der Waals surface area (Å²) >= 11 is 0. The van der Waals surface area contributed by atoms with Crippen molar-refractivity contribution < 1.29 is 18.9 Å². The Morgan fingerprint density at radius 1 is 1.20 bits per heavy atom. The molecule has 10 heavy (non-hydrogen) atoms. The highest BCUT2D eigenvalue weighted by Crippen LogP contribution is 2.16. The van der Waals surface area contributed by atoms with E-state index in [1.54, 1.807) is 0 Å². The Kier molecular flexibility index (Phi) is 2.62. The van der Waals surface area contributed by atoms with Crippen molar-refractivity contribution in [1.29, 1.82) is 0 Å². The van der Waals surface area contributed by atoms with Gasteiger partial charge in [-0.05, 0) is 0 Å². The minimum absolute atomic E-state index is 0.333. The van der Waals surface area contributed by atoms with Crippen molar-refractivity contribution in [1.82, 2.24) is 0 Å². The summed E-state index contributed by atoms with van der Waals surface area (Å²) in [4.78, 5) is 0. The first-order chi connectivity index (χ1) is 4.83. The van der Waals surface area contributed by atoms with E-state index in [1.165, 1.54) is 14.2 Å². The quantitative estimate of drug-likeness (QED) is 0.516. The van der Waals surface area contributed by atoms with Gasteiger partial charge in [0.15, 0.2) is 0 Å². The summed E-state index contributed by atoms with van der Waals surface area (Å²) in [6.45, 7) is 1.45. The minimum atomic E-state index is -0.960. The Morgan fingerprint density at radius 3 is 2.20 bits per heavy atom. The van der Waals surface area contributed by atoms with Crippen molar-refractivity contribution in [2.75, 3.05) is 34.0 Å². The Balaban J connectivity index is 2.44. The van der Waals surface area contributed by atoms with Gasteiger partial charge in [-0.2, -0.15) is 0 Å². The van der Waals surface area contributed by atoms with Crippen LogP contribution in [-0.2, 0) is 18.9 Å². The molecule has 0 aliphatic carbocycles. The monoisotopic (exact) mass is 148 g/mol. The lowest BCUT2D eigenvalue weighted by Gasteiger charge is -2.33. The molecule has 0 amide bonds. The van der Waals surface area contributed by atoms with Crippen LogP contribution in [-0.4, -0.2) is 40.0 Å². The summed E-state index contributed by atoms with van der Waals surface area (Å²) < 4.78 is 20.2. The molecule has 4 heteroatoms. The summed E-state index contributed by atoms with van der Waals surface area (Å²) in [5.74, 6) is -0.960. The van der Waals surface area contributed by atoms with Crippen molar-refractivity contribution in [3.63, 3.8) is 0 Å². The molecule has 0 radical (unpaired) electrons. The van der Waals surface area contributed by atoms with Crippen LogP contribution in [0, 0.1) is 0 Å². The molecule has 1 rings (SSSR count). The molecule has 0 saturated carbocycles. The first-order valence-corrected chi connectivity index (χ1v) is 3.15. The van der Waals surface area contributed by atoms with Crippen LogP contribution in [0.15, 0.2) is 0 Å². The summed E-state index contributed by atoms with van der Waals surface area (Å²) in [6, 6.07) is 0. The van der Waals surface area contributed by atoms with E-state index < -0.39 is 5.97 Å². The van der Waals surface area contributed by atoms with Gasteiger partial charge in [0.1, 0.15) is 6.61 Å². The van der Waals surface area contributed by atoms with Crippen LogP contribution in [0.4, 0.5) is 0 Å². The lowest BCUT2D eigenvalue weighted by atomic mass is 10.5. The molecule has 1 saturated heterocycles. The fourth-order valence-electron chi connectivity index (χ4n) is 0.814. The molecule has 0 spiro atoms. The van der Waals surface area contributed by atoms with Gasteiger partial charge in [0.25, 0.3) is 0 Å². The van der Waals surface area contributed by atoms with Crippen LogP contribution in [0.1, 0.15) is 0 Å². The number of hydrogen-bond acceptors (Lipinski definition) is 4. The highest BCUT2D eigenvalue weighted by Gasteiger charge is 2.34. The molecular formula is C6H12O4. The molecule has 0 N–H and O–H groups in total. The maximum absolute atomic E-state index is 5.19. The average Bonchev–Trinajstić information content (AvgIpc) is 2.06. The first-order valence-electron chi connectivity index (χ1n) is 3.15. The van der Waals surface area contributed by atoms with Crippen molar-refractivity contribution in [3.05, 3.63) is 0 Å². The van der Waals surface area contributed by atoms with E-state index in [4.69, 9.17) is 18.9 Å². The van der Waals surface area contributed by atoms with E-state index in [9.17, 15) is 0 Å². The van der Waals surface area contributed by atoms with Gasteiger partial charge < -0.3 is 18.9 Å². The number of ether oxygens (including phenoxy) is 4. The second-order valence-electron chi connectivity index (χ2n) is 1.99. The zero-order valence-electron chi connectivity index (χ0n) is 6.25. The smallest absolute Gasteiger partial charge is 0.307 e. The average molecular weight is 148 g/mol. The van der Waals surface area contributed by atoms with Crippen molar-refractivity contribution in [2.45, 2.75) is 5.97 Å². The van der Waals surface area contributed by atoms with Crippen molar-refractivity contribution in [2.24, 2.45) is 0 Å². The molecule has 0 atom stereocenters. The third kappa shape index (κ3) is 1.46. The second kappa shape index (κ2) is 3.30. The zero-order chi connectivity index (χ0) is 7.45. The molecule has 1 aliphatic rings. The molecule has 1 fully saturated rings. The lowest BCUT2D eigenvalue weighted by Crippen LogP contribution is -2.46. The van der Waals surface area contributed by atoms with E-state index in [-0.39, 0.29) is 0 Å². The van der Waals surface area contributed by atoms with Gasteiger partial charge in [0.05, 0.1) is 13.2 Å². The molecule has 1 aliphatic heterocycles. The van der Waals surface area contributed by atoms with E-state index in [0.29, 0.717) is 19.8 Å². The van der Waals surface area contributed by atoms with Gasteiger partial charge in [-0.15, -0.1) is 0 Å². The molecule has 0 aromatic heterocycles. The maximum Gasteiger partial charge on any atom is 0.307 e. The van der Waals surface area contributed by atoms with Gasteiger partial charge in [-0.1, -0.05) is 0 Å². The van der Waals surface area contributed by atoms with E-state index in [1.807, 2.05) is 0 Å². The fraction of sp³-hybridized carbons (Fsp3) is 1.00. The van der Waals surface area contributed by atoms with Crippen LogP contribution in [0.25, 0.3) is 0 Å². The largest absolute Gasteiger partial charge is 0.371 e. The second-order valence-corrected chi connectivity index (χ2v) is 1.99. The predicted octanol–water partition coefficient (Wildman–Crippen LogP) is -0.0202. The first kappa shape index (κ1) is 7.94. The number of hydrogen-bond donors (Lipinski definition) is 0. The Bertz CT molecular complexity index is 91.9. The van der Waals surface area contributed by atoms with Crippen LogP contribution in [0.5, 0.6) is 0 Å². The molecule has 4 nitrogen and oxygen atoms in total. The topological polar surface area (TPSA) is 36.9 Å². The Morgan fingerprint density at radius 2 is 1.90 bits per heavy atom. The minimum Gasteiger partial charge on any atom is -0.371 e. The van der Waals surface area contributed by atoms with Gasteiger partial charge in [-0.25, -0.2) is 0 Å². The molecule has 0 bridgehead atoms. The summed E-state index contributed by atoms with van der Waals surface area (Å²) in [6.07, 6.45) is 0. The number of rotatable bonds is 2. The normalized spacial score (nSPS) is 24.6. The summed E-state index contributed by atoms with van der Waals surface area (Å²) in [5.41, 5.74) is 0. The van der Waals surface area contributed by atoms with Crippen molar-refractivity contribution in [3.8, 4) is 0 Å². The zero-order valence-corrected chi connectivity index (χ0v) is 6.25. The van der Waals surface area contributed by atoms with E-state index in [0.717, 1.165) is 0 Å². The summed E-state index contributed by atoms with van der Waals surface area (Å²) in [5, 5.41) is 0. The van der Waals surface area contributed by atoms with Crippen LogP contribution in [0.3, 0.4) is 0 Å². The molecule has 1 heterocycles. The third-order valence-corrected chi connectivity index (χ3v) is 1.45. The molecule has 60 valence electrons. The molecular weight excluding hydrogens is 136 g/mol. The predicted molar refractivity (Wildman–Crippen MR) is 33.5 cm³/mol. The SMILES string of the molecule is COC1(OC)COCCO1. The molecule has 0 aromatic rings. The standard InChI is InChI=1S/C6H12O4/c1-7-6(8-2)5-9-3-4-10-6/h3-5H2,1-2H3. The van der Waals surface area contributed by atoms with Crippen LogP contribution >= 0.6 is 0 Å². The fourth-order valence-corrected chi connectivity index (χ4v) is 0.814. The van der Waals surface area contributed by atoms with Crippen LogP contribution < -0.4 is 0 Å². The van der Waals surface area contributed by atoms with Gasteiger partial charge in [0.2, 0.25) is 0 Å². The Labute approximate surface area is 60.0 Å². The highest BCUT2D eigenvalue weighted by molar-refractivity contribution is 4.58. The Hall–Kier alpha value is -0.160. The van der Waals surface area contributed by atoms with E-state index in [2.05, 4.69) is 0 Å². The van der Waals surface area contributed by atoms with Gasteiger partial charge >= 0.3 is 5.97 Å². The third-order valence-electron chi connectivity index (χ3n) is 1.45. The van der Waals surface area contributed by atoms with Crippen LogP contribution in [0.2, 0.25) is 0 Å². The molecule has 0 unspecified atom stereocenters. The summed E-state index contributed by atoms with van der Waals surface area (Å²) in [7, 11) is 3.05.